The van der Waals surface area contributed by atoms with E-state index in [0.29, 0.717) is 0 Å². The molecule has 0 bridgehead atoms. The van der Waals surface area contributed by atoms with Gasteiger partial charge in [-0.25, -0.2) is 4.79 Å². The van der Waals surface area contributed by atoms with Crippen LogP contribution in [0.2, 0.25) is 0 Å². The Morgan fingerprint density at radius 1 is 1.07 bits per heavy atom. The maximum atomic E-state index is 12.3. The summed E-state index contributed by atoms with van der Waals surface area (Å²) in [5.74, 6) is 0.0275. The van der Waals surface area contributed by atoms with Crippen LogP contribution in [0.25, 0.3) is 11.1 Å². The number of nitrogens with one attached hydrogen (secondary N) is 1. The van der Waals surface area contributed by atoms with Crippen LogP contribution in [0.3, 0.4) is 0 Å². The largest absolute Gasteiger partial charge is 0.449 e. The lowest BCUT2D eigenvalue weighted by Gasteiger charge is -2.17. The van der Waals surface area contributed by atoms with E-state index < -0.39 is 12.1 Å². The molecule has 0 aliphatic heterocycles. The minimum absolute atomic E-state index is 0.0275. The third-order valence-electron chi connectivity index (χ3n) is 4.92. The van der Waals surface area contributed by atoms with E-state index in [9.17, 15) is 9.90 Å². The standard InChI is InChI=1S/C22H21NO3S/c1-14-10-11-21(27-14)20(12-24)23-22(25)26-13-19-17-8-4-2-6-15(17)16-7-3-5-9-18(16)19/h2-11,19-20,24H,12-13H2,1H3,(H,23,25). The summed E-state index contributed by atoms with van der Waals surface area (Å²) in [4.78, 5) is 14.4. The summed E-state index contributed by atoms with van der Waals surface area (Å²) in [6, 6.07) is 19.9. The molecule has 4 rings (SSSR count). The molecule has 0 spiro atoms. The lowest BCUT2D eigenvalue weighted by Crippen LogP contribution is -2.31. The van der Waals surface area contributed by atoms with Gasteiger partial charge in [0.15, 0.2) is 0 Å². The minimum atomic E-state index is -0.512. The summed E-state index contributed by atoms with van der Waals surface area (Å²) in [6.07, 6.45) is -0.512. The number of fused-ring (bicyclic) bond motifs is 3. The molecule has 1 atom stereocenters. The first kappa shape index (κ1) is 17.8. The van der Waals surface area contributed by atoms with Crippen molar-refractivity contribution in [3.63, 3.8) is 0 Å². The van der Waals surface area contributed by atoms with Crippen molar-refractivity contribution in [1.29, 1.82) is 0 Å². The van der Waals surface area contributed by atoms with Crippen LogP contribution in [-0.4, -0.2) is 24.4 Å². The molecule has 0 saturated heterocycles. The van der Waals surface area contributed by atoms with Crippen molar-refractivity contribution in [3.05, 3.63) is 81.5 Å². The lowest BCUT2D eigenvalue weighted by atomic mass is 9.98. The fourth-order valence-corrected chi connectivity index (χ4v) is 4.55. The zero-order valence-corrected chi connectivity index (χ0v) is 15.8. The zero-order chi connectivity index (χ0) is 18.8. The molecule has 1 amide bonds. The molecule has 2 N–H and O–H groups in total. The van der Waals surface area contributed by atoms with Gasteiger partial charge in [0, 0.05) is 15.7 Å². The van der Waals surface area contributed by atoms with Gasteiger partial charge in [0.05, 0.1) is 12.6 Å². The minimum Gasteiger partial charge on any atom is -0.449 e. The van der Waals surface area contributed by atoms with Crippen molar-refractivity contribution in [3.8, 4) is 11.1 Å². The van der Waals surface area contributed by atoms with Crippen molar-refractivity contribution in [1.82, 2.24) is 5.32 Å². The highest BCUT2D eigenvalue weighted by Gasteiger charge is 2.29. The number of rotatable bonds is 5. The van der Waals surface area contributed by atoms with Gasteiger partial charge in [0.2, 0.25) is 0 Å². The summed E-state index contributed by atoms with van der Waals surface area (Å²) in [5.41, 5.74) is 4.76. The van der Waals surface area contributed by atoms with E-state index >= 15 is 0 Å². The highest BCUT2D eigenvalue weighted by Crippen LogP contribution is 2.44. The predicted molar refractivity (Wildman–Crippen MR) is 107 cm³/mol. The first-order chi connectivity index (χ1) is 13.2. The van der Waals surface area contributed by atoms with Crippen LogP contribution in [-0.2, 0) is 4.74 Å². The highest BCUT2D eigenvalue weighted by atomic mass is 32.1. The van der Waals surface area contributed by atoms with Gasteiger partial charge in [-0.2, -0.15) is 0 Å². The number of alkyl carbamates (subject to hydrolysis) is 1. The molecule has 3 aromatic rings. The van der Waals surface area contributed by atoms with E-state index in [0.717, 1.165) is 9.75 Å². The average Bonchev–Trinajstić information content (AvgIpc) is 3.26. The molecule has 1 aliphatic carbocycles. The molecule has 2 aromatic carbocycles. The van der Waals surface area contributed by atoms with E-state index in [1.807, 2.05) is 43.3 Å². The Hall–Kier alpha value is -2.63. The molecule has 0 radical (unpaired) electrons. The normalized spacial score (nSPS) is 13.7. The van der Waals surface area contributed by atoms with Crippen molar-refractivity contribution >= 4 is 17.4 Å². The van der Waals surface area contributed by atoms with Gasteiger partial charge in [-0.1, -0.05) is 48.5 Å². The highest BCUT2D eigenvalue weighted by molar-refractivity contribution is 7.12. The van der Waals surface area contributed by atoms with E-state index in [1.165, 1.54) is 22.3 Å². The quantitative estimate of drug-likeness (QED) is 0.680. The molecule has 27 heavy (non-hydrogen) atoms. The molecule has 0 saturated carbocycles. The second kappa shape index (κ2) is 7.55. The van der Waals surface area contributed by atoms with Crippen LogP contribution < -0.4 is 5.32 Å². The van der Waals surface area contributed by atoms with Gasteiger partial charge in [-0.3, -0.25) is 0 Å². The van der Waals surface area contributed by atoms with Crippen LogP contribution in [0.4, 0.5) is 4.79 Å². The van der Waals surface area contributed by atoms with E-state index in [2.05, 4.69) is 29.6 Å². The number of ether oxygens (including phenoxy) is 1. The maximum absolute atomic E-state index is 12.3. The average molecular weight is 379 g/mol. The van der Waals surface area contributed by atoms with Gasteiger partial charge in [0.1, 0.15) is 6.61 Å². The Labute approximate surface area is 162 Å². The summed E-state index contributed by atoms with van der Waals surface area (Å²) in [5, 5.41) is 12.4. The Morgan fingerprint density at radius 3 is 2.26 bits per heavy atom. The summed E-state index contributed by atoms with van der Waals surface area (Å²) < 4.78 is 5.54. The van der Waals surface area contributed by atoms with Crippen LogP contribution in [0.15, 0.2) is 60.7 Å². The number of carbonyl (C=O) groups excluding carboxylic acids is 1. The smallest absolute Gasteiger partial charge is 0.407 e. The number of thiophene rings is 1. The Morgan fingerprint density at radius 2 is 1.70 bits per heavy atom. The molecule has 1 unspecified atom stereocenters. The predicted octanol–water partition coefficient (Wildman–Crippen LogP) is 4.63. The first-order valence-corrected chi connectivity index (χ1v) is 9.77. The van der Waals surface area contributed by atoms with Gasteiger partial charge >= 0.3 is 6.09 Å². The third kappa shape index (κ3) is 3.48. The van der Waals surface area contributed by atoms with Crippen LogP contribution >= 0.6 is 11.3 Å². The molecule has 4 nitrogen and oxygen atoms in total. The van der Waals surface area contributed by atoms with E-state index in [4.69, 9.17) is 4.74 Å². The molecule has 1 aromatic heterocycles. The van der Waals surface area contributed by atoms with Crippen LogP contribution in [0.5, 0.6) is 0 Å². The number of amides is 1. The van der Waals surface area contributed by atoms with Crippen LogP contribution in [0.1, 0.15) is 32.8 Å². The molecule has 138 valence electrons. The topological polar surface area (TPSA) is 58.6 Å². The number of hydrogen-bond donors (Lipinski definition) is 2. The summed E-state index contributed by atoms with van der Waals surface area (Å²) in [6.45, 7) is 2.10. The lowest BCUT2D eigenvalue weighted by molar-refractivity contribution is 0.133. The van der Waals surface area contributed by atoms with Crippen molar-refractivity contribution in [2.24, 2.45) is 0 Å². The number of aliphatic hydroxyl groups excluding tert-OH is 1. The van der Waals surface area contributed by atoms with Crippen LogP contribution in [0, 0.1) is 6.92 Å². The van der Waals surface area contributed by atoms with Crippen molar-refractivity contribution in [2.75, 3.05) is 13.2 Å². The first-order valence-electron chi connectivity index (χ1n) is 8.96. The molecule has 1 aliphatic rings. The number of hydrogen-bond acceptors (Lipinski definition) is 4. The van der Waals surface area contributed by atoms with E-state index in [1.54, 1.807) is 11.3 Å². The molecular weight excluding hydrogens is 358 g/mol. The Balaban J connectivity index is 1.46. The van der Waals surface area contributed by atoms with E-state index in [-0.39, 0.29) is 19.1 Å². The number of aliphatic hydroxyl groups is 1. The SMILES string of the molecule is Cc1ccc(C(CO)NC(=O)OCC2c3ccccc3-c3ccccc32)s1. The van der Waals surface area contributed by atoms with Gasteiger partial charge in [-0.15, -0.1) is 11.3 Å². The number of aryl methyl sites for hydroxylation is 1. The second-order valence-electron chi connectivity index (χ2n) is 6.65. The zero-order valence-electron chi connectivity index (χ0n) is 15.0. The van der Waals surface area contributed by atoms with Gasteiger partial charge in [0.25, 0.3) is 0 Å². The fourth-order valence-electron chi connectivity index (χ4n) is 3.63. The molecule has 0 fully saturated rings. The fraction of sp³-hybridized carbons (Fsp3) is 0.227. The number of benzene rings is 2. The third-order valence-corrected chi connectivity index (χ3v) is 6.04. The monoisotopic (exact) mass is 379 g/mol. The number of carbonyl (C=O) groups is 1. The summed E-state index contributed by atoms with van der Waals surface area (Å²) in [7, 11) is 0. The van der Waals surface area contributed by atoms with Gasteiger partial charge < -0.3 is 15.2 Å². The Kier molecular flexibility index (Phi) is 4.97. The maximum Gasteiger partial charge on any atom is 0.407 e. The van der Waals surface area contributed by atoms with Gasteiger partial charge in [-0.05, 0) is 41.3 Å². The molecular formula is C22H21NO3S. The second-order valence-corrected chi connectivity index (χ2v) is 7.97. The van der Waals surface area contributed by atoms with Crippen molar-refractivity contribution in [2.45, 2.75) is 18.9 Å². The molecule has 1 heterocycles. The Bertz CT molecular complexity index is 920. The summed E-state index contributed by atoms with van der Waals surface area (Å²) >= 11 is 1.56. The molecule has 5 heteroatoms. The van der Waals surface area contributed by atoms with Crippen molar-refractivity contribution < 1.29 is 14.6 Å².